The Bertz CT molecular complexity index is 445. The second kappa shape index (κ2) is 6.57. The highest BCUT2D eigenvalue weighted by Crippen LogP contribution is 2.27. The monoisotopic (exact) mass is 263 g/mol. The summed E-state index contributed by atoms with van der Waals surface area (Å²) in [6, 6.07) is 5.98. The first kappa shape index (κ1) is 13.9. The van der Waals surface area contributed by atoms with Gasteiger partial charge in [-0.25, -0.2) is 0 Å². The lowest BCUT2D eigenvalue weighted by Crippen LogP contribution is -2.36. The van der Waals surface area contributed by atoms with Crippen molar-refractivity contribution in [1.29, 1.82) is 0 Å². The Balaban J connectivity index is 1.93. The molecule has 0 N–H and O–H groups in total. The van der Waals surface area contributed by atoms with Crippen LogP contribution in [0.4, 0.5) is 0 Å². The van der Waals surface area contributed by atoms with Crippen molar-refractivity contribution in [1.82, 2.24) is 4.90 Å². The van der Waals surface area contributed by atoms with E-state index in [1.807, 2.05) is 18.2 Å². The van der Waals surface area contributed by atoms with Crippen LogP contribution in [-0.2, 0) is 11.2 Å². The second-order valence-corrected chi connectivity index (χ2v) is 4.86. The molecular formula is C15H21NO3. The van der Waals surface area contributed by atoms with Crippen molar-refractivity contribution < 1.29 is 14.3 Å². The Morgan fingerprint density at radius 3 is 2.68 bits per heavy atom. The summed E-state index contributed by atoms with van der Waals surface area (Å²) in [5.41, 5.74) is 1.20. The van der Waals surface area contributed by atoms with Gasteiger partial charge < -0.3 is 9.47 Å². The minimum absolute atomic E-state index is 0.360. The van der Waals surface area contributed by atoms with Gasteiger partial charge in [-0.05, 0) is 37.1 Å². The molecule has 1 aromatic carbocycles. The zero-order valence-corrected chi connectivity index (χ0v) is 11.6. The van der Waals surface area contributed by atoms with Crippen LogP contribution in [0.15, 0.2) is 18.2 Å². The van der Waals surface area contributed by atoms with Gasteiger partial charge in [0.2, 0.25) is 0 Å². The fourth-order valence-electron chi connectivity index (χ4n) is 2.42. The van der Waals surface area contributed by atoms with E-state index in [0.717, 1.165) is 43.9 Å². The Morgan fingerprint density at radius 2 is 2.00 bits per heavy atom. The number of piperidine rings is 1. The molecular weight excluding hydrogens is 242 g/mol. The molecule has 0 spiro atoms. The number of carbonyl (C=O) groups excluding carboxylic acids is 1. The number of ether oxygens (including phenoxy) is 2. The fraction of sp³-hybridized carbons (Fsp3) is 0.533. The number of carbonyl (C=O) groups is 1. The van der Waals surface area contributed by atoms with Crippen LogP contribution in [0.5, 0.6) is 11.5 Å². The zero-order valence-electron chi connectivity index (χ0n) is 11.6. The molecule has 19 heavy (non-hydrogen) atoms. The maximum atomic E-state index is 11.4. The SMILES string of the molecule is COc1ccc(CCN2CCCC(=O)C2)cc1OC. The quantitative estimate of drug-likeness (QED) is 0.813. The average molecular weight is 263 g/mol. The van der Waals surface area contributed by atoms with E-state index < -0.39 is 0 Å². The highest BCUT2D eigenvalue weighted by molar-refractivity contribution is 5.81. The summed E-state index contributed by atoms with van der Waals surface area (Å²) in [4.78, 5) is 13.6. The molecule has 0 saturated carbocycles. The fourth-order valence-corrected chi connectivity index (χ4v) is 2.42. The van der Waals surface area contributed by atoms with Crippen LogP contribution >= 0.6 is 0 Å². The molecule has 0 unspecified atom stereocenters. The topological polar surface area (TPSA) is 38.8 Å². The number of ketones is 1. The summed E-state index contributed by atoms with van der Waals surface area (Å²) in [6.45, 7) is 2.55. The van der Waals surface area contributed by atoms with Gasteiger partial charge in [-0.15, -0.1) is 0 Å². The summed E-state index contributed by atoms with van der Waals surface area (Å²) in [6.07, 6.45) is 2.66. The Kier molecular flexibility index (Phi) is 4.80. The highest BCUT2D eigenvalue weighted by atomic mass is 16.5. The van der Waals surface area contributed by atoms with E-state index in [-0.39, 0.29) is 0 Å². The van der Waals surface area contributed by atoms with Gasteiger partial charge in [-0.2, -0.15) is 0 Å². The number of Topliss-reactive ketones (excluding diaryl/α,β-unsaturated/α-hetero) is 1. The number of rotatable bonds is 5. The number of methoxy groups -OCH3 is 2. The molecule has 1 aliphatic rings. The highest BCUT2D eigenvalue weighted by Gasteiger charge is 2.16. The first-order valence-electron chi connectivity index (χ1n) is 6.68. The van der Waals surface area contributed by atoms with Gasteiger partial charge in [-0.3, -0.25) is 9.69 Å². The van der Waals surface area contributed by atoms with Gasteiger partial charge in [0.1, 0.15) is 5.78 Å². The molecule has 0 aliphatic carbocycles. The zero-order chi connectivity index (χ0) is 13.7. The van der Waals surface area contributed by atoms with E-state index in [1.165, 1.54) is 5.56 Å². The van der Waals surface area contributed by atoms with Gasteiger partial charge >= 0.3 is 0 Å². The van der Waals surface area contributed by atoms with Crippen molar-refractivity contribution in [3.05, 3.63) is 23.8 Å². The van der Waals surface area contributed by atoms with Gasteiger partial charge in [0.05, 0.1) is 20.8 Å². The van der Waals surface area contributed by atoms with E-state index in [1.54, 1.807) is 14.2 Å². The predicted octanol–water partition coefficient (Wildman–Crippen LogP) is 1.91. The minimum atomic E-state index is 0.360. The standard InChI is InChI=1S/C15H21NO3/c1-18-14-6-5-12(10-15(14)19-2)7-9-16-8-3-4-13(17)11-16/h5-6,10H,3-4,7-9,11H2,1-2H3. The first-order valence-corrected chi connectivity index (χ1v) is 6.68. The van der Waals surface area contributed by atoms with Crippen LogP contribution in [-0.4, -0.2) is 44.5 Å². The van der Waals surface area contributed by atoms with Crippen LogP contribution in [0.1, 0.15) is 18.4 Å². The maximum Gasteiger partial charge on any atom is 0.160 e. The third-order valence-electron chi connectivity index (χ3n) is 3.49. The molecule has 0 aromatic heterocycles. The molecule has 0 radical (unpaired) electrons. The molecule has 104 valence electrons. The molecule has 4 nitrogen and oxygen atoms in total. The number of likely N-dealkylation sites (tertiary alicyclic amines) is 1. The van der Waals surface area contributed by atoms with Crippen LogP contribution in [0, 0.1) is 0 Å². The molecule has 4 heteroatoms. The molecule has 2 rings (SSSR count). The second-order valence-electron chi connectivity index (χ2n) is 4.86. The molecule has 1 aliphatic heterocycles. The van der Waals surface area contributed by atoms with Crippen molar-refractivity contribution in [2.45, 2.75) is 19.3 Å². The molecule has 1 saturated heterocycles. The third kappa shape index (κ3) is 3.70. The van der Waals surface area contributed by atoms with E-state index in [0.29, 0.717) is 12.3 Å². The molecule has 0 bridgehead atoms. The van der Waals surface area contributed by atoms with Gasteiger partial charge in [-0.1, -0.05) is 6.07 Å². The average Bonchev–Trinajstić information content (AvgIpc) is 2.45. The van der Waals surface area contributed by atoms with E-state index in [9.17, 15) is 4.79 Å². The summed E-state index contributed by atoms with van der Waals surface area (Å²) in [5.74, 6) is 1.87. The van der Waals surface area contributed by atoms with Crippen LogP contribution in [0.2, 0.25) is 0 Å². The Labute approximate surface area is 114 Å². The third-order valence-corrected chi connectivity index (χ3v) is 3.49. The van der Waals surface area contributed by atoms with Gasteiger partial charge in [0.15, 0.2) is 11.5 Å². The summed E-state index contributed by atoms with van der Waals surface area (Å²) in [7, 11) is 3.28. The largest absolute Gasteiger partial charge is 0.493 e. The predicted molar refractivity (Wildman–Crippen MR) is 73.9 cm³/mol. The van der Waals surface area contributed by atoms with Crippen LogP contribution < -0.4 is 9.47 Å². The van der Waals surface area contributed by atoms with E-state index in [4.69, 9.17) is 9.47 Å². The van der Waals surface area contributed by atoms with Gasteiger partial charge in [0.25, 0.3) is 0 Å². The minimum Gasteiger partial charge on any atom is -0.493 e. The smallest absolute Gasteiger partial charge is 0.160 e. The Hall–Kier alpha value is -1.55. The van der Waals surface area contributed by atoms with Crippen LogP contribution in [0.3, 0.4) is 0 Å². The molecule has 0 amide bonds. The lowest BCUT2D eigenvalue weighted by atomic mass is 10.1. The van der Waals surface area contributed by atoms with Crippen molar-refractivity contribution in [3.8, 4) is 11.5 Å². The summed E-state index contributed by atoms with van der Waals surface area (Å²) < 4.78 is 10.5. The lowest BCUT2D eigenvalue weighted by Gasteiger charge is -2.25. The van der Waals surface area contributed by atoms with Crippen molar-refractivity contribution in [2.75, 3.05) is 33.9 Å². The maximum absolute atomic E-state index is 11.4. The molecule has 1 heterocycles. The van der Waals surface area contributed by atoms with Crippen LogP contribution in [0.25, 0.3) is 0 Å². The number of benzene rings is 1. The molecule has 1 fully saturated rings. The van der Waals surface area contributed by atoms with Crippen molar-refractivity contribution in [2.24, 2.45) is 0 Å². The van der Waals surface area contributed by atoms with E-state index >= 15 is 0 Å². The Morgan fingerprint density at radius 1 is 1.21 bits per heavy atom. The lowest BCUT2D eigenvalue weighted by molar-refractivity contribution is -0.122. The van der Waals surface area contributed by atoms with E-state index in [2.05, 4.69) is 4.90 Å². The number of hydrogen-bond donors (Lipinski definition) is 0. The number of nitrogens with zero attached hydrogens (tertiary/aromatic N) is 1. The van der Waals surface area contributed by atoms with Crippen molar-refractivity contribution >= 4 is 5.78 Å². The summed E-state index contributed by atoms with van der Waals surface area (Å²) in [5, 5.41) is 0. The number of hydrogen-bond acceptors (Lipinski definition) is 4. The first-order chi connectivity index (χ1) is 9.22. The van der Waals surface area contributed by atoms with Crippen molar-refractivity contribution in [3.63, 3.8) is 0 Å². The van der Waals surface area contributed by atoms with Gasteiger partial charge in [0, 0.05) is 13.0 Å². The normalized spacial score (nSPS) is 16.4. The summed E-state index contributed by atoms with van der Waals surface area (Å²) >= 11 is 0. The molecule has 1 aromatic rings. The molecule has 0 atom stereocenters.